The number of carbonyl (C=O) groups is 1. The normalized spacial score (nSPS) is 10.6. The van der Waals surface area contributed by atoms with Crippen LogP contribution < -0.4 is 4.74 Å². The number of benzene rings is 1. The van der Waals surface area contributed by atoms with Crippen molar-refractivity contribution in [1.29, 1.82) is 0 Å². The lowest BCUT2D eigenvalue weighted by atomic mass is 10.1. The number of hydrogen-bond donors (Lipinski definition) is 1. The first-order valence-corrected chi connectivity index (χ1v) is 5.44. The number of Topliss-reactive ketones (excluding diaryl/α,β-unsaturated/α-hetero) is 1. The van der Waals surface area contributed by atoms with Crippen LogP contribution in [0.3, 0.4) is 0 Å². The second-order valence-corrected chi connectivity index (χ2v) is 3.79. The quantitative estimate of drug-likeness (QED) is 0.799. The molecule has 1 heterocycles. The molecule has 0 spiro atoms. The van der Waals surface area contributed by atoms with Gasteiger partial charge in [0.25, 0.3) is 0 Å². The number of hydrogen-bond acceptors (Lipinski definition) is 2. The Labute approximate surface area is 94.4 Å². The van der Waals surface area contributed by atoms with Crippen LogP contribution in [0.2, 0.25) is 0 Å². The van der Waals surface area contributed by atoms with Crippen LogP contribution in [0.1, 0.15) is 30.1 Å². The van der Waals surface area contributed by atoms with E-state index in [0.29, 0.717) is 6.42 Å². The zero-order valence-electron chi connectivity index (χ0n) is 9.54. The topological polar surface area (TPSA) is 42.1 Å². The van der Waals surface area contributed by atoms with Crippen LogP contribution in [0.5, 0.6) is 5.75 Å². The van der Waals surface area contributed by atoms with Crippen LogP contribution in [0.15, 0.2) is 24.4 Å². The number of methoxy groups -OCH3 is 1. The summed E-state index contributed by atoms with van der Waals surface area (Å²) >= 11 is 0. The van der Waals surface area contributed by atoms with E-state index in [1.165, 1.54) is 0 Å². The predicted octanol–water partition coefficient (Wildman–Crippen LogP) is 3.16. The Hall–Kier alpha value is -1.77. The molecule has 0 amide bonds. The Morgan fingerprint density at radius 1 is 1.44 bits per heavy atom. The summed E-state index contributed by atoms with van der Waals surface area (Å²) in [5.74, 6) is 0.958. The van der Waals surface area contributed by atoms with E-state index < -0.39 is 0 Å². The van der Waals surface area contributed by atoms with Crippen molar-refractivity contribution < 1.29 is 9.53 Å². The monoisotopic (exact) mass is 217 g/mol. The molecule has 0 saturated heterocycles. The summed E-state index contributed by atoms with van der Waals surface area (Å²) in [5.41, 5.74) is 1.73. The summed E-state index contributed by atoms with van der Waals surface area (Å²) in [5, 5.41) is 0.942. The number of H-pyrrole nitrogens is 1. The molecule has 84 valence electrons. The SMILES string of the molecule is CCCC(=O)c1c[nH]c2ccc(OC)cc12. The number of fused-ring (bicyclic) bond motifs is 1. The number of aromatic amines is 1. The van der Waals surface area contributed by atoms with Crippen LogP contribution in [0.25, 0.3) is 10.9 Å². The zero-order valence-corrected chi connectivity index (χ0v) is 9.54. The third kappa shape index (κ3) is 1.81. The number of rotatable bonds is 4. The van der Waals surface area contributed by atoms with E-state index in [1.54, 1.807) is 13.3 Å². The number of ether oxygens (including phenoxy) is 1. The van der Waals surface area contributed by atoms with Crippen molar-refractivity contribution in [2.24, 2.45) is 0 Å². The minimum atomic E-state index is 0.182. The lowest BCUT2D eigenvalue weighted by Crippen LogP contribution is -1.96. The maximum Gasteiger partial charge on any atom is 0.165 e. The maximum absolute atomic E-state index is 11.9. The summed E-state index contributed by atoms with van der Waals surface area (Å²) in [6, 6.07) is 5.71. The van der Waals surface area contributed by atoms with E-state index in [-0.39, 0.29) is 5.78 Å². The second kappa shape index (κ2) is 4.39. The van der Waals surface area contributed by atoms with Crippen molar-refractivity contribution in [3.05, 3.63) is 30.0 Å². The number of nitrogens with one attached hydrogen (secondary N) is 1. The van der Waals surface area contributed by atoms with E-state index in [2.05, 4.69) is 4.98 Å². The highest BCUT2D eigenvalue weighted by atomic mass is 16.5. The molecule has 0 unspecified atom stereocenters. The fraction of sp³-hybridized carbons (Fsp3) is 0.308. The molecule has 0 radical (unpaired) electrons. The van der Waals surface area contributed by atoms with E-state index in [1.807, 2.05) is 25.1 Å². The van der Waals surface area contributed by atoms with Gasteiger partial charge in [0.15, 0.2) is 5.78 Å². The molecule has 16 heavy (non-hydrogen) atoms. The van der Waals surface area contributed by atoms with Crippen molar-refractivity contribution in [1.82, 2.24) is 4.98 Å². The van der Waals surface area contributed by atoms with Crippen LogP contribution in [-0.4, -0.2) is 17.9 Å². The van der Waals surface area contributed by atoms with Gasteiger partial charge in [0.05, 0.1) is 7.11 Å². The molecule has 0 saturated carbocycles. The summed E-state index contributed by atoms with van der Waals surface area (Å²) in [6.45, 7) is 2.01. The molecule has 0 aliphatic rings. The first-order valence-electron chi connectivity index (χ1n) is 5.44. The van der Waals surface area contributed by atoms with Crippen molar-refractivity contribution >= 4 is 16.7 Å². The lowest BCUT2D eigenvalue weighted by Gasteiger charge is -2.00. The van der Waals surface area contributed by atoms with E-state index in [0.717, 1.165) is 28.6 Å². The van der Waals surface area contributed by atoms with Crippen LogP contribution >= 0.6 is 0 Å². The summed E-state index contributed by atoms with van der Waals surface area (Å²) in [4.78, 5) is 15.0. The fourth-order valence-electron chi connectivity index (χ4n) is 1.82. The summed E-state index contributed by atoms with van der Waals surface area (Å²) in [6.07, 6.45) is 3.24. The minimum Gasteiger partial charge on any atom is -0.497 e. The molecule has 1 N–H and O–H groups in total. The Balaban J connectivity index is 2.49. The van der Waals surface area contributed by atoms with Gasteiger partial charge in [-0.05, 0) is 24.6 Å². The number of ketones is 1. The van der Waals surface area contributed by atoms with Gasteiger partial charge in [-0.3, -0.25) is 4.79 Å². The first-order chi connectivity index (χ1) is 7.76. The van der Waals surface area contributed by atoms with Gasteiger partial charge in [-0.1, -0.05) is 6.92 Å². The molecule has 0 aliphatic carbocycles. The van der Waals surface area contributed by atoms with Gasteiger partial charge in [-0.15, -0.1) is 0 Å². The standard InChI is InChI=1S/C13H15NO2/c1-3-4-13(15)11-8-14-12-6-5-9(16-2)7-10(11)12/h5-8,14H,3-4H2,1-2H3. The molecule has 2 aromatic rings. The Morgan fingerprint density at radius 2 is 2.25 bits per heavy atom. The molecule has 0 fully saturated rings. The van der Waals surface area contributed by atoms with Crippen molar-refractivity contribution in [3.63, 3.8) is 0 Å². The predicted molar refractivity (Wildman–Crippen MR) is 64.1 cm³/mol. The molecule has 0 atom stereocenters. The van der Waals surface area contributed by atoms with Gasteiger partial charge in [0.2, 0.25) is 0 Å². The Morgan fingerprint density at radius 3 is 2.94 bits per heavy atom. The first kappa shape index (κ1) is 10.7. The average molecular weight is 217 g/mol. The summed E-state index contributed by atoms with van der Waals surface area (Å²) < 4.78 is 5.16. The molecule has 3 heteroatoms. The van der Waals surface area contributed by atoms with E-state index >= 15 is 0 Å². The molecular weight excluding hydrogens is 202 g/mol. The lowest BCUT2D eigenvalue weighted by molar-refractivity contribution is 0.0983. The molecule has 1 aromatic heterocycles. The summed E-state index contributed by atoms with van der Waals surface area (Å²) in [7, 11) is 1.63. The molecule has 3 nitrogen and oxygen atoms in total. The van der Waals surface area contributed by atoms with Crippen molar-refractivity contribution in [3.8, 4) is 5.75 Å². The molecule has 0 aliphatic heterocycles. The Bertz CT molecular complexity index is 514. The second-order valence-electron chi connectivity index (χ2n) is 3.79. The van der Waals surface area contributed by atoms with Crippen molar-refractivity contribution in [2.45, 2.75) is 19.8 Å². The zero-order chi connectivity index (χ0) is 11.5. The third-order valence-corrected chi connectivity index (χ3v) is 2.67. The van der Waals surface area contributed by atoms with Crippen LogP contribution in [0.4, 0.5) is 0 Å². The largest absolute Gasteiger partial charge is 0.497 e. The molecule has 2 rings (SSSR count). The highest BCUT2D eigenvalue weighted by Gasteiger charge is 2.11. The highest BCUT2D eigenvalue weighted by Crippen LogP contribution is 2.24. The van der Waals surface area contributed by atoms with Gasteiger partial charge in [0, 0.05) is 29.1 Å². The third-order valence-electron chi connectivity index (χ3n) is 2.67. The van der Waals surface area contributed by atoms with Gasteiger partial charge in [-0.25, -0.2) is 0 Å². The van der Waals surface area contributed by atoms with E-state index in [9.17, 15) is 4.79 Å². The van der Waals surface area contributed by atoms with Crippen LogP contribution in [-0.2, 0) is 0 Å². The highest BCUT2D eigenvalue weighted by molar-refractivity contribution is 6.08. The maximum atomic E-state index is 11.9. The van der Waals surface area contributed by atoms with E-state index in [4.69, 9.17) is 4.74 Å². The smallest absolute Gasteiger partial charge is 0.165 e. The van der Waals surface area contributed by atoms with Crippen molar-refractivity contribution in [2.75, 3.05) is 7.11 Å². The molecule has 0 bridgehead atoms. The average Bonchev–Trinajstić information content (AvgIpc) is 2.71. The van der Waals surface area contributed by atoms with Gasteiger partial charge in [-0.2, -0.15) is 0 Å². The van der Waals surface area contributed by atoms with Crippen LogP contribution in [0, 0.1) is 0 Å². The minimum absolute atomic E-state index is 0.182. The van der Waals surface area contributed by atoms with Gasteiger partial charge in [0.1, 0.15) is 5.75 Å². The number of aromatic nitrogens is 1. The van der Waals surface area contributed by atoms with Gasteiger partial charge < -0.3 is 9.72 Å². The fourth-order valence-corrected chi connectivity index (χ4v) is 1.82. The number of carbonyl (C=O) groups excluding carboxylic acids is 1. The Kier molecular flexibility index (Phi) is 2.95. The molecule has 1 aromatic carbocycles. The molecular formula is C13H15NO2. The van der Waals surface area contributed by atoms with Gasteiger partial charge >= 0.3 is 0 Å².